The quantitative estimate of drug-likeness (QED) is 0.741. The summed E-state index contributed by atoms with van der Waals surface area (Å²) in [5.41, 5.74) is 0.994. The summed E-state index contributed by atoms with van der Waals surface area (Å²) in [6.07, 6.45) is 4.60. The van der Waals surface area contributed by atoms with E-state index in [0.717, 1.165) is 25.1 Å². The number of rotatable bonds is 4. The van der Waals surface area contributed by atoms with Gasteiger partial charge in [-0.25, -0.2) is 0 Å². The molecular weight excluding hydrogens is 180 g/mol. The molecule has 0 atom stereocenters. The van der Waals surface area contributed by atoms with Gasteiger partial charge in [-0.3, -0.25) is 4.68 Å². The summed E-state index contributed by atoms with van der Waals surface area (Å²) in [6, 6.07) is 0.585. The Bertz CT molecular complexity index is 293. The van der Waals surface area contributed by atoms with Gasteiger partial charge in [0, 0.05) is 32.9 Å². The molecule has 1 heterocycles. The van der Waals surface area contributed by atoms with E-state index in [0.29, 0.717) is 12.1 Å². The first-order chi connectivity index (χ1) is 6.78. The molecule has 0 amide bonds. The number of hydrogen-bond acceptors (Lipinski definition) is 4. The van der Waals surface area contributed by atoms with Crippen LogP contribution in [0, 0.1) is 0 Å². The van der Waals surface area contributed by atoms with E-state index in [9.17, 15) is 0 Å². The van der Waals surface area contributed by atoms with Crippen molar-refractivity contribution in [2.45, 2.75) is 31.5 Å². The van der Waals surface area contributed by atoms with Crippen molar-refractivity contribution in [1.82, 2.24) is 20.3 Å². The Balaban J connectivity index is 1.69. The van der Waals surface area contributed by atoms with Crippen LogP contribution in [0.2, 0.25) is 0 Å². The van der Waals surface area contributed by atoms with Crippen molar-refractivity contribution in [3.8, 4) is 0 Å². The lowest BCUT2D eigenvalue weighted by Crippen LogP contribution is -2.44. The maximum Gasteiger partial charge on any atom is 0.0964 e. The Labute approximate surface area is 83.4 Å². The van der Waals surface area contributed by atoms with Crippen LogP contribution in [0.25, 0.3) is 0 Å². The standard InChI is InChI=1S/C9H16N4O/c1-13-6-8(11-12-13)5-10-7-3-9(4-7)14-2/h6-7,9-10H,3-5H2,1-2H3. The van der Waals surface area contributed by atoms with E-state index in [1.54, 1.807) is 11.8 Å². The van der Waals surface area contributed by atoms with Gasteiger partial charge in [0.1, 0.15) is 0 Å². The highest BCUT2D eigenvalue weighted by atomic mass is 16.5. The Morgan fingerprint density at radius 2 is 2.43 bits per heavy atom. The molecule has 0 unspecified atom stereocenters. The number of nitrogens with one attached hydrogen (secondary N) is 1. The molecule has 0 bridgehead atoms. The third kappa shape index (κ3) is 2.10. The summed E-state index contributed by atoms with van der Waals surface area (Å²) < 4.78 is 6.92. The second kappa shape index (κ2) is 4.06. The van der Waals surface area contributed by atoms with E-state index in [-0.39, 0.29) is 0 Å². The van der Waals surface area contributed by atoms with Crippen LogP contribution in [0.15, 0.2) is 6.20 Å². The Hall–Kier alpha value is -0.940. The monoisotopic (exact) mass is 196 g/mol. The van der Waals surface area contributed by atoms with Crippen LogP contribution in [0.5, 0.6) is 0 Å². The third-order valence-electron chi connectivity index (χ3n) is 2.65. The minimum absolute atomic E-state index is 0.453. The number of aryl methyl sites for hydroxylation is 1. The minimum Gasteiger partial charge on any atom is -0.381 e. The van der Waals surface area contributed by atoms with Gasteiger partial charge in [0.2, 0.25) is 0 Å². The first-order valence-corrected chi connectivity index (χ1v) is 4.89. The smallest absolute Gasteiger partial charge is 0.0964 e. The van der Waals surface area contributed by atoms with Gasteiger partial charge >= 0.3 is 0 Å². The summed E-state index contributed by atoms with van der Waals surface area (Å²) in [5.74, 6) is 0. The number of methoxy groups -OCH3 is 1. The van der Waals surface area contributed by atoms with Crippen molar-refractivity contribution in [2.24, 2.45) is 7.05 Å². The summed E-state index contributed by atoms with van der Waals surface area (Å²) in [7, 11) is 3.64. The normalized spacial score (nSPS) is 26.1. The molecule has 5 nitrogen and oxygen atoms in total. The van der Waals surface area contributed by atoms with Crippen LogP contribution in [0.3, 0.4) is 0 Å². The molecule has 2 rings (SSSR count). The second-order valence-corrected chi connectivity index (χ2v) is 3.79. The molecule has 14 heavy (non-hydrogen) atoms. The Kier molecular flexibility index (Phi) is 2.79. The largest absolute Gasteiger partial charge is 0.381 e. The van der Waals surface area contributed by atoms with Gasteiger partial charge in [-0.2, -0.15) is 0 Å². The minimum atomic E-state index is 0.453. The van der Waals surface area contributed by atoms with E-state index in [1.807, 2.05) is 13.2 Å². The number of aromatic nitrogens is 3. The molecule has 5 heteroatoms. The lowest BCUT2D eigenvalue weighted by Gasteiger charge is -2.34. The van der Waals surface area contributed by atoms with Gasteiger partial charge in [0.15, 0.2) is 0 Å². The van der Waals surface area contributed by atoms with Crippen LogP contribution < -0.4 is 5.32 Å². The molecule has 78 valence electrons. The van der Waals surface area contributed by atoms with Crippen molar-refractivity contribution < 1.29 is 4.74 Å². The van der Waals surface area contributed by atoms with Gasteiger partial charge in [-0.1, -0.05) is 5.21 Å². The molecule has 1 aliphatic rings. The van der Waals surface area contributed by atoms with E-state index in [2.05, 4.69) is 15.6 Å². The lowest BCUT2D eigenvalue weighted by atomic mass is 9.89. The SMILES string of the molecule is COC1CC(NCc2cn(C)nn2)C1. The maximum atomic E-state index is 5.20. The molecule has 0 saturated heterocycles. The fourth-order valence-electron chi connectivity index (χ4n) is 1.65. The summed E-state index contributed by atoms with van der Waals surface area (Å²) in [4.78, 5) is 0. The first kappa shape index (κ1) is 9.61. The molecule has 1 saturated carbocycles. The fraction of sp³-hybridized carbons (Fsp3) is 0.778. The maximum absolute atomic E-state index is 5.20. The summed E-state index contributed by atoms with van der Waals surface area (Å²) in [5, 5.41) is 11.3. The molecule has 0 spiro atoms. The highest BCUT2D eigenvalue weighted by molar-refractivity contribution is 4.94. The van der Waals surface area contributed by atoms with Crippen LogP contribution in [0.1, 0.15) is 18.5 Å². The lowest BCUT2D eigenvalue weighted by molar-refractivity contribution is 0.0169. The van der Waals surface area contributed by atoms with Crippen LogP contribution in [0.4, 0.5) is 0 Å². The van der Waals surface area contributed by atoms with Crippen LogP contribution in [-0.2, 0) is 18.3 Å². The van der Waals surface area contributed by atoms with Gasteiger partial charge in [0.05, 0.1) is 11.8 Å². The van der Waals surface area contributed by atoms with Crippen molar-refractivity contribution in [3.63, 3.8) is 0 Å². The molecule has 1 N–H and O–H groups in total. The molecule has 0 aliphatic heterocycles. The van der Waals surface area contributed by atoms with E-state index in [1.165, 1.54) is 0 Å². The van der Waals surface area contributed by atoms with Crippen molar-refractivity contribution >= 4 is 0 Å². The van der Waals surface area contributed by atoms with Gasteiger partial charge < -0.3 is 10.1 Å². The topological polar surface area (TPSA) is 52.0 Å². The second-order valence-electron chi connectivity index (χ2n) is 3.79. The summed E-state index contributed by atoms with van der Waals surface area (Å²) in [6.45, 7) is 0.801. The highest BCUT2D eigenvalue weighted by Crippen LogP contribution is 2.22. The van der Waals surface area contributed by atoms with Gasteiger partial charge in [-0.15, -0.1) is 5.10 Å². The van der Waals surface area contributed by atoms with Gasteiger partial charge in [-0.05, 0) is 12.8 Å². The zero-order valence-corrected chi connectivity index (χ0v) is 8.60. The van der Waals surface area contributed by atoms with Crippen LogP contribution >= 0.6 is 0 Å². The van der Waals surface area contributed by atoms with Crippen LogP contribution in [-0.4, -0.2) is 34.2 Å². The molecule has 0 radical (unpaired) electrons. The zero-order valence-electron chi connectivity index (χ0n) is 8.60. The molecule has 0 aromatic carbocycles. The van der Waals surface area contributed by atoms with Crippen molar-refractivity contribution in [2.75, 3.05) is 7.11 Å². The molecule has 1 aromatic rings. The number of hydrogen-bond donors (Lipinski definition) is 1. The number of nitrogens with zero attached hydrogens (tertiary/aromatic N) is 3. The zero-order chi connectivity index (χ0) is 9.97. The average Bonchev–Trinajstić information content (AvgIpc) is 2.49. The predicted molar refractivity (Wildman–Crippen MR) is 51.7 cm³/mol. The molecular formula is C9H16N4O. The van der Waals surface area contributed by atoms with Crippen molar-refractivity contribution in [1.29, 1.82) is 0 Å². The Morgan fingerprint density at radius 3 is 3.00 bits per heavy atom. The summed E-state index contributed by atoms with van der Waals surface area (Å²) >= 11 is 0. The molecule has 1 aromatic heterocycles. The fourth-order valence-corrected chi connectivity index (χ4v) is 1.65. The predicted octanol–water partition coefficient (Wildman–Crippen LogP) is 0.0821. The van der Waals surface area contributed by atoms with Crippen molar-refractivity contribution in [3.05, 3.63) is 11.9 Å². The van der Waals surface area contributed by atoms with E-state index in [4.69, 9.17) is 4.74 Å². The molecule has 1 aliphatic carbocycles. The highest BCUT2D eigenvalue weighted by Gasteiger charge is 2.28. The Morgan fingerprint density at radius 1 is 1.64 bits per heavy atom. The first-order valence-electron chi connectivity index (χ1n) is 4.89. The van der Waals surface area contributed by atoms with E-state index >= 15 is 0 Å². The third-order valence-corrected chi connectivity index (χ3v) is 2.65. The van der Waals surface area contributed by atoms with E-state index < -0.39 is 0 Å². The number of ether oxygens (including phenoxy) is 1. The average molecular weight is 196 g/mol. The molecule has 1 fully saturated rings. The van der Waals surface area contributed by atoms with Gasteiger partial charge in [0.25, 0.3) is 0 Å².